The van der Waals surface area contributed by atoms with E-state index in [9.17, 15) is 42.6 Å². The van der Waals surface area contributed by atoms with E-state index >= 15 is 0 Å². The molecular formula is C64H75Br2F3N14O13. The van der Waals surface area contributed by atoms with Gasteiger partial charge in [-0.3, -0.25) is 33.9 Å². The Labute approximate surface area is 569 Å². The van der Waals surface area contributed by atoms with Crippen LogP contribution >= 0.6 is 31.9 Å². The number of aliphatic hydroxyl groups excluding tert-OH is 2. The van der Waals surface area contributed by atoms with Gasteiger partial charge in [0, 0.05) is 53.7 Å². The Hall–Kier alpha value is -8.43. The molecule has 6 aromatic heterocycles. The Bertz CT molecular complexity index is 3860. The van der Waals surface area contributed by atoms with Gasteiger partial charge >= 0.3 is 6.18 Å². The summed E-state index contributed by atoms with van der Waals surface area (Å²) in [6.07, 6.45) is -7.00. The van der Waals surface area contributed by atoms with E-state index in [4.69, 9.17) is 33.2 Å². The van der Waals surface area contributed by atoms with Crippen LogP contribution in [0.1, 0.15) is 49.8 Å². The average molecular weight is 1470 g/mol. The summed E-state index contributed by atoms with van der Waals surface area (Å²) in [7, 11) is 10.7. The first-order valence-electron chi connectivity index (χ1n) is 30.9. The first-order valence-corrected chi connectivity index (χ1v) is 32.5. The van der Waals surface area contributed by atoms with Crippen LogP contribution in [0, 0.1) is 6.92 Å². The number of anilines is 7. The Balaban J connectivity index is 0.000000141. The van der Waals surface area contributed by atoms with Crippen LogP contribution in [-0.4, -0.2) is 208 Å². The molecule has 0 spiro atoms. The molecule has 0 bridgehead atoms. The van der Waals surface area contributed by atoms with Gasteiger partial charge in [0.1, 0.15) is 83.1 Å². The summed E-state index contributed by atoms with van der Waals surface area (Å²) in [5, 5.41) is 23.3. The molecule has 3 saturated heterocycles. The minimum Gasteiger partial charge on any atom is -0.492 e. The fraction of sp³-hybridized carbons (Fsp3) is 0.469. The number of aromatic nitrogens is 6. The van der Waals surface area contributed by atoms with Crippen molar-refractivity contribution in [3.05, 3.63) is 105 Å². The van der Waals surface area contributed by atoms with Gasteiger partial charge < -0.3 is 68.3 Å². The van der Waals surface area contributed by atoms with Crippen LogP contribution in [-0.2, 0) is 47.7 Å². The fourth-order valence-electron chi connectivity index (χ4n) is 11.2. The maximum Gasteiger partial charge on any atom is 0.416 e. The van der Waals surface area contributed by atoms with Crippen LogP contribution in [0.3, 0.4) is 0 Å². The average Bonchev–Trinajstić information content (AvgIpc) is 1.60. The molecule has 8 aliphatic heterocycles. The number of hydrogen-bond donors (Lipinski definition) is 3. The second-order valence-corrected chi connectivity index (χ2v) is 25.4. The van der Waals surface area contributed by atoms with E-state index < -0.39 is 71.7 Å². The van der Waals surface area contributed by atoms with Crippen molar-refractivity contribution >= 4 is 96.2 Å². The molecular weight excluding hydrogens is 1390 g/mol. The van der Waals surface area contributed by atoms with Crippen molar-refractivity contribution in [2.24, 2.45) is 0 Å². The second-order valence-electron chi connectivity index (χ2n) is 23.8. The van der Waals surface area contributed by atoms with Gasteiger partial charge in [0.15, 0.2) is 64.3 Å². The smallest absolute Gasteiger partial charge is 0.416 e. The van der Waals surface area contributed by atoms with E-state index in [0.717, 1.165) is 119 Å². The first kappa shape index (κ1) is 70.4. The first-order chi connectivity index (χ1) is 45.6. The van der Waals surface area contributed by atoms with Crippen molar-refractivity contribution in [2.75, 3.05) is 136 Å². The molecule has 4 amide bonds. The number of alkyl halides is 3. The molecule has 0 unspecified atom stereocenters. The van der Waals surface area contributed by atoms with E-state index in [1.807, 2.05) is 67.3 Å². The largest absolute Gasteiger partial charge is 0.492 e. The summed E-state index contributed by atoms with van der Waals surface area (Å²) in [6.45, 7) is 13.4. The Morgan fingerprint density at radius 1 is 0.646 bits per heavy atom. The molecule has 0 aromatic carbocycles. The minimum atomic E-state index is -4.74. The third kappa shape index (κ3) is 15.7. The van der Waals surface area contributed by atoms with E-state index in [-0.39, 0.29) is 23.3 Å². The number of nitrogens with zero attached hydrogens (tertiary/aromatic N) is 13. The van der Waals surface area contributed by atoms with Crippen LogP contribution < -0.4 is 63.3 Å². The number of rotatable bonds is 6. The van der Waals surface area contributed by atoms with E-state index in [1.165, 1.54) is 24.9 Å². The predicted molar refractivity (Wildman–Crippen MR) is 355 cm³/mol. The summed E-state index contributed by atoms with van der Waals surface area (Å²) in [5.74, 6) is 3.52. The molecule has 6 atom stereocenters. The number of pyridine rings is 6. The molecule has 514 valence electrons. The Morgan fingerprint density at radius 3 is 1.67 bits per heavy atom. The lowest BCUT2D eigenvalue weighted by molar-refractivity contribution is -0.164. The number of amides is 4. The molecule has 14 heterocycles. The summed E-state index contributed by atoms with van der Waals surface area (Å²) in [4.78, 5) is 88.3. The number of carbonyl (C=O) groups excluding carboxylic acids is 4. The van der Waals surface area contributed by atoms with Crippen molar-refractivity contribution in [3.8, 4) is 28.7 Å². The quantitative estimate of drug-likeness (QED) is 0.163. The summed E-state index contributed by atoms with van der Waals surface area (Å²) in [6, 6.07) is 17.2. The molecule has 3 fully saturated rings. The molecule has 14 rings (SSSR count). The molecule has 0 radical (unpaired) electrons. The van der Waals surface area contributed by atoms with Gasteiger partial charge in [0.2, 0.25) is 0 Å². The van der Waals surface area contributed by atoms with Crippen molar-refractivity contribution < 1.29 is 75.7 Å². The third-order valence-corrected chi connectivity index (χ3v) is 17.3. The maximum absolute atomic E-state index is 13.4. The molecule has 3 N–H and O–H groups in total. The van der Waals surface area contributed by atoms with Gasteiger partial charge in [-0.2, -0.15) is 13.2 Å². The van der Waals surface area contributed by atoms with Crippen molar-refractivity contribution in [2.45, 2.75) is 95.4 Å². The van der Waals surface area contributed by atoms with E-state index in [0.29, 0.717) is 59.7 Å². The molecule has 8 aliphatic rings. The number of carbonyl (C=O) groups is 4. The lowest BCUT2D eigenvalue weighted by Gasteiger charge is -2.30. The van der Waals surface area contributed by atoms with Crippen molar-refractivity contribution in [3.63, 3.8) is 0 Å². The van der Waals surface area contributed by atoms with Gasteiger partial charge in [0.05, 0.1) is 44.0 Å². The Morgan fingerprint density at radius 2 is 1.12 bits per heavy atom. The number of likely N-dealkylation sites (N-methyl/N-ethyl adjacent to an activating group) is 6. The monoisotopic (exact) mass is 1460 g/mol. The maximum atomic E-state index is 13.4. The number of ether oxygens (including phenoxy) is 7. The van der Waals surface area contributed by atoms with Crippen LogP contribution in [0.25, 0.3) is 0 Å². The summed E-state index contributed by atoms with van der Waals surface area (Å²) >= 11 is 6.65. The third-order valence-electron chi connectivity index (χ3n) is 16.4. The zero-order chi connectivity index (χ0) is 69.1. The lowest BCUT2D eigenvalue weighted by Crippen LogP contribution is -2.50. The predicted octanol–water partition coefficient (Wildman–Crippen LogP) is 5.94. The van der Waals surface area contributed by atoms with Gasteiger partial charge in [-0.05, 0) is 145 Å². The molecule has 27 nitrogen and oxygen atoms in total. The molecule has 6 aromatic rings. The van der Waals surface area contributed by atoms with E-state index in [1.54, 1.807) is 46.1 Å². The molecule has 0 saturated carbocycles. The zero-order valence-corrected chi connectivity index (χ0v) is 57.6. The highest BCUT2D eigenvalue weighted by Crippen LogP contribution is 2.39. The topological polar surface area (TPSA) is 285 Å². The summed E-state index contributed by atoms with van der Waals surface area (Å²) < 4.78 is 80.5. The van der Waals surface area contributed by atoms with Crippen molar-refractivity contribution in [1.82, 2.24) is 35.2 Å². The number of aliphatic hydroxyl groups is 2. The highest BCUT2D eigenvalue weighted by molar-refractivity contribution is 9.10. The van der Waals surface area contributed by atoms with Crippen LogP contribution in [0.5, 0.6) is 28.7 Å². The number of aryl methyl sites for hydroxylation is 3. The number of hydrogen-bond acceptors (Lipinski definition) is 23. The summed E-state index contributed by atoms with van der Waals surface area (Å²) in [5.41, 5.74) is 1.05. The number of halogens is 5. The molecule has 96 heavy (non-hydrogen) atoms. The number of nitrogens with one attached hydrogen (secondary N) is 1. The zero-order valence-electron chi connectivity index (χ0n) is 54.5. The van der Waals surface area contributed by atoms with Gasteiger partial charge in [-0.25, -0.2) is 29.9 Å². The van der Waals surface area contributed by atoms with Gasteiger partial charge in [-0.1, -0.05) is 6.92 Å². The van der Waals surface area contributed by atoms with Crippen LogP contribution in [0.15, 0.2) is 82.0 Å². The number of fused-ring (bicyclic) bond motifs is 6. The van der Waals surface area contributed by atoms with Crippen molar-refractivity contribution in [1.29, 1.82) is 0 Å². The normalized spacial score (nSPS) is 21.5. The van der Waals surface area contributed by atoms with Gasteiger partial charge in [0.25, 0.3) is 23.6 Å². The SMILES string of the molecule is Brc1ccc2c(n1)CCCO2.CCc1ccc2c(n1)N(C)CCO2.CN1CCOc2ccc(Br)nc21.CN1CCOc2ccc(N(C)C(=O)[C@H]3NC(=O)[C@H]4OC(C)(C)O[C@@H]34)nc21.Cc1cc(C(F)(F)F)cc(N2C(=O)[C@@H](O)[C@@H](O)[C@H]2C(=O)N(C)c2ccc3c(n2)N(C)CCO3)n1. The highest BCUT2D eigenvalue weighted by Gasteiger charge is 2.57. The Kier molecular flexibility index (Phi) is 21.6. The second kappa shape index (κ2) is 29.5. The van der Waals surface area contributed by atoms with E-state index in [2.05, 4.69) is 83.8 Å². The lowest BCUT2D eigenvalue weighted by atomic mass is 10.1. The highest BCUT2D eigenvalue weighted by atomic mass is 79.9. The van der Waals surface area contributed by atoms with Crippen LogP contribution in [0.4, 0.5) is 53.9 Å². The minimum absolute atomic E-state index is 0.0625. The fourth-order valence-corrected chi connectivity index (χ4v) is 11.9. The molecule has 0 aliphatic carbocycles. The molecule has 32 heteroatoms. The standard InChI is InChI=1S/C21H22F3N5O5.C17H22N4O5.C10H14N2O.C8H9BrN2O.C8H8BrNO/c1-10-8-11(21(22,23)24)9-14(25-10)29-15(16(30)17(31)20(29)33)19(32)28(3)13-5-4-12-18(26-13)27(2)6-7-34-12;1-17(2)25-12-11(19-15(22)13(12)26-17)16(23)21(4)10-6-5-9-14(18-10)20(3)7-8-24-9;1-3-8-4-5-9-10(11-8)12(2)6-7-13-9;1-11-4-5-12-6-2-3-7(9)10-8(6)11;9-8-4-3-7-6(10-8)2-1-5-11-7/h4-5,8-9,15-17,30-31H,6-7H2,1-3H3;5-6,11-13H,7-8H2,1-4H3,(H,19,22);4-5H,3,6-7H2,1-2H3;2-3H,4-5H2,1H3;3-4H,1-2,5H2/t15-,16-,17-;11-,12-,13-;;;/m00.../s1. The van der Waals surface area contributed by atoms with Gasteiger partial charge in [-0.15, -0.1) is 0 Å². The van der Waals surface area contributed by atoms with Crippen LogP contribution in [0.2, 0.25) is 0 Å².